The molecule has 7 heteroatoms. The van der Waals surface area contributed by atoms with Crippen LogP contribution in [0.2, 0.25) is 0 Å². The molecule has 1 amide bonds. The number of carboxylic acids is 1. The van der Waals surface area contributed by atoms with Crippen molar-refractivity contribution in [2.45, 2.75) is 0 Å². The van der Waals surface area contributed by atoms with Crippen molar-refractivity contribution in [1.82, 2.24) is 5.32 Å². The van der Waals surface area contributed by atoms with Gasteiger partial charge in [0.25, 0.3) is 0 Å². The van der Waals surface area contributed by atoms with E-state index in [1.807, 2.05) is 0 Å². The molecule has 0 fully saturated rings. The summed E-state index contributed by atoms with van der Waals surface area (Å²) in [6.07, 6.45) is 0. The molecular formula is C12H14N4O3. The largest absolute Gasteiger partial charge is 0.480 e. The van der Waals surface area contributed by atoms with E-state index in [4.69, 9.17) is 16.1 Å². The maximum Gasteiger partial charge on any atom is 0.323 e. The summed E-state index contributed by atoms with van der Waals surface area (Å²) in [7, 11) is 0. The van der Waals surface area contributed by atoms with E-state index in [9.17, 15) is 9.59 Å². The van der Waals surface area contributed by atoms with E-state index in [1.54, 1.807) is 30.3 Å². The van der Waals surface area contributed by atoms with Crippen molar-refractivity contribution >= 4 is 23.3 Å². The Kier molecular flexibility index (Phi) is 5.17. The highest BCUT2D eigenvalue weighted by Crippen LogP contribution is 2.21. The molecule has 1 aromatic carbocycles. The molecule has 0 saturated heterocycles. The molecule has 0 bridgehead atoms. The number of anilines is 2. The summed E-state index contributed by atoms with van der Waals surface area (Å²) in [6.45, 7) is -0.652. The lowest BCUT2D eigenvalue weighted by atomic mass is 10.2. The zero-order chi connectivity index (χ0) is 14.3. The van der Waals surface area contributed by atoms with Gasteiger partial charge in [-0.05, 0) is 12.1 Å². The third-order valence-electron chi connectivity index (χ3n) is 2.30. The maximum absolute atomic E-state index is 11.5. The monoisotopic (exact) mass is 262 g/mol. The number of aliphatic carboxylic acids is 1. The Bertz CT molecular complexity index is 510. The lowest BCUT2D eigenvalue weighted by molar-refractivity contribution is -0.135. The van der Waals surface area contributed by atoms with E-state index in [-0.39, 0.29) is 19.6 Å². The number of amides is 1. The van der Waals surface area contributed by atoms with Gasteiger partial charge < -0.3 is 21.1 Å². The Morgan fingerprint density at radius 2 is 2.05 bits per heavy atom. The highest BCUT2D eigenvalue weighted by atomic mass is 16.4. The van der Waals surface area contributed by atoms with Gasteiger partial charge in [-0.3, -0.25) is 9.59 Å². The highest BCUT2D eigenvalue weighted by Gasteiger charge is 2.16. The number of rotatable bonds is 6. The minimum absolute atomic E-state index is 0.121. The van der Waals surface area contributed by atoms with E-state index < -0.39 is 11.9 Å². The van der Waals surface area contributed by atoms with E-state index in [2.05, 4.69) is 5.32 Å². The third-order valence-corrected chi connectivity index (χ3v) is 2.30. The Balaban J connectivity index is 2.84. The molecule has 0 aromatic heterocycles. The van der Waals surface area contributed by atoms with Crippen molar-refractivity contribution in [3.8, 4) is 6.07 Å². The molecule has 0 saturated carbocycles. The topological polar surface area (TPSA) is 119 Å². The molecular weight excluding hydrogens is 248 g/mol. The van der Waals surface area contributed by atoms with E-state index in [0.717, 1.165) is 0 Å². The van der Waals surface area contributed by atoms with Crippen molar-refractivity contribution in [3.05, 3.63) is 24.3 Å². The molecule has 0 radical (unpaired) electrons. The minimum atomic E-state index is -1.07. The standard InChI is InChI=1S/C12H14N4O3/c13-5-6-15-11(17)7-16(8-12(18)19)10-4-2-1-3-9(10)14/h1-4H,6-8,14H2,(H,15,17)(H,18,19). The predicted molar refractivity (Wildman–Crippen MR) is 69.3 cm³/mol. The molecule has 0 atom stereocenters. The number of nitrogen functional groups attached to an aromatic ring is 1. The number of hydrogen-bond acceptors (Lipinski definition) is 5. The van der Waals surface area contributed by atoms with E-state index in [0.29, 0.717) is 11.4 Å². The number of hydrogen-bond donors (Lipinski definition) is 3. The first kappa shape index (κ1) is 14.3. The van der Waals surface area contributed by atoms with Gasteiger partial charge in [-0.15, -0.1) is 0 Å². The summed E-state index contributed by atoms with van der Waals surface area (Å²) in [5, 5.41) is 19.6. The van der Waals surface area contributed by atoms with E-state index in [1.165, 1.54) is 4.90 Å². The zero-order valence-electron chi connectivity index (χ0n) is 10.2. The number of para-hydroxylation sites is 2. The molecule has 0 spiro atoms. The Morgan fingerprint density at radius 3 is 2.63 bits per heavy atom. The van der Waals surface area contributed by atoms with Crippen LogP contribution in [0.5, 0.6) is 0 Å². The van der Waals surface area contributed by atoms with Crippen molar-refractivity contribution < 1.29 is 14.7 Å². The zero-order valence-corrected chi connectivity index (χ0v) is 10.2. The average Bonchev–Trinajstić information content (AvgIpc) is 2.35. The van der Waals surface area contributed by atoms with Crippen LogP contribution in [0.3, 0.4) is 0 Å². The SMILES string of the molecule is N#CCNC(=O)CN(CC(=O)O)c1ccccc1N. The number of nitrogens with zero attached hydrogens (tertiary/aromatic N) is 2. The smallest absolute Gasteiger partial charge is 0.323 e. The van der Waals surface area contributed by atoms with Crippen molar-refractivity contribution in [2.24, 2.45) is 0 Å². The van der Waals surface area contributed by atoms with Gasteiger partial charge in [0.1, 0.15) is 13.1 Å². The van der Waals surface area contributed by atoms with Crippen LogP contribution in [0.1, 0.15) is 0 Å². The number of nitriles is 1. The van der Waals surface area contributed by atoms with Crippen LogP contribution < -0.4 is 16.0 Å². The second kappa shape index (κ2) is 6.86. The molecule has 0 heterocycles. The Morgan fingerprint density at radius 1 is 1.37 bits per heavy atom. The molecule has 0 aliphatic carbocycles. The Hall–Kier alpha value is -2.75. The summed E-state index contributed by atoms with van der Waals surface area (Å²) in [4.78, 5) is 23.7. The number of carboxylic acid groups (broad SMARTS) is 1. The number of nitrogens with one attached hydrogen (secondary N) is 1. The van der Waals surface area contributed by atoms with Crippen LogP contribution in [0, 0.1) is 11.3 Å². The maximum atomic E-state index is 11.5. The molecule has 1 aromatic rings. The molecule has 100 valence electrons. The Labute approximate surface area is 110 Å². The lowest BCUT2D eigenvalue weighted by Crippen LogP contribution is -2.40. The average molecular weight is 262 g/mol. The first-order valence-corrected chi connectivity index (χ1v) is 5.49. The van der Waals surface area contributed by atoms with Gasteiger partial charge in [-0.1, -0.05) is 12.1 Å². The van der Waals surface area contributed by atoms with Crippen LogP contribution in [0.25, 0.3) is 0 Å². The van der Waals surface area contributed by atoms with Gasteiger partial charge in [0, 0.05) is 0 Å². The van der Waals surface area contributed by atoms with Gasteiger partial charge >= 0.3 is 5.97 Å². The molecule has 0 aliphatic heterocycles. The fraction of sp³-hybridized carbons (Fsp3) is 0.250. The fourth-order valence-electron chi connectivity index (χ4n) is 1.53. The summed E-state index contributed by atoms with van der Waals surface area (Å²) in [5.41, 5.74) is 6.61. The summed E-state index contributed by atoms with van der Waals surface area (Å²) >= 11 is 0. The van der Waals surface area contributed by atoms with Gasteiger partial charge in [0.2, 0.25) is 5.91 Å². The van der Waals surface area contributed by atoms with Crippen LogP contribution in [-0.2, 0) is 9.59 Å². The number of nitrogens with two attached hydrogens (primary N) is 1. The predicted octanol–water partition coefficient (Wildman–Crippen LogP) is -0.200. The first-order valence-electron chi connectivity index (χ1n) is 5.49. The summed E-state index contributed by atoms with van der Waals surface area (Å²) < 4.78 is 0. The number of carbonyl (C=O) groups is 2. The highest BCUT2D eigenvalue weighted by molar-refractivity contribution is 5.86. The lowest BCUT2D eigenvalue weighted by Gasteiger charge is -2.23. The summed E-state index contributed by atoms with van der Waals surface area (Å²) in [5.74, 6) is -1.51. The molecule has 0 aliphatic rings. The minimum Gasteiger partial charge on any atom is -0.480 e. The van der Waals surface area contributed by atoms with E-state index >= 15 is 0 Å². The van der Waals surface area contributed by atoms with Crippen molar-refractivity contribution in [2.75, 3.05) is 30.3 Å². The van der Waals surface area contributed by atoms with Crippen LogP contribution in [0.15, 0.2) is 24.3 Å². The quantitative estimate of drug-likeness (QED) is 0.482. The first-order chi connectivity index (χ1) is 9.04. The fourth-order valence-corrected chi connectivity index (χ4v) is 1.53. The van der Waals surface area contributed by atoms with Crippen LogP contribution >= 0.6 is 0 Å². The van der Waals surface area contributed by atoms with Gasteiger partial charge in [-0.25, -0.2) is 0 Å². The second-order valence-electron chi connectivity index (χ2n) is 3.74. The van der Waals surface area contributed by atoms with Crippen molar-refractivity contribution in [1.29, 1.82) is 5.26 Å². The molecule has 0 unspecified atom stereocenters. The molecule has 7 nitrogen and oxygen atoms in total. The summed E-state index contributed by atoms with van der Waals surface area (Å²) in [6, 6.07) is 8.45. The second-order valence-corrected chi connectivity index (χ2v) is 3.74. The molecule has 19 heavy (non-hydrogen) atoms. The van der Waals surface area contributed by atoms with Gasteiger partial charge in [0.05, 0.1) is 24.0 Å². The van der Waals surface area contributed by atoms with Gasteiger partial charge in [0.15, 0.2) is 0 Å². The van der Waals surface area contributed by atoms with Crippen molar-refractivity contribution in [3.63, 3.8) is 0 Å². The van der Waals surface area contributed by atoms with Crippen LogP contribution in [0.4, 0.5) is 11.4 Å². The molecule has 4 N–H and O–H groups in total. The number of carbonyl (C=O) groups excluding carboxylic acids is 1. The molecule has 1 rings (SSSR count). The van der Waals surface area contributed by atoms with Gasteiger partial charge in [-0.2, -0.15) is 5.26 Å². The number of benzene rings is 1. The van der Waals surface area contributed by atoms with Crippen LogP contribution in [-0.4, -0.2) is 36.6 Å². The third kappa shape index (κ3) is 4.55. The normalized spacial score (nSPS) is 9.42.